The molecule has 0 spiro atoms. The Balaban J connectivity index is 2.59. The van der Waals surface area contributed by atoms with E-state index in [2.05, 4.69) is 15.3 Å². The highest BCUT2D eigenvalue weighted by atomic mass is 15.3. The molecule has 1 aliphatic heterocycles. The van der Waals surface area contributed by atoms with Gasteiger partial charge in [0, 0.05) is 19.6 Å². The Morgan fingerprint density at radius 1 is 1.79 bits per heavy atom. The SMILES string of the molecule is N#CN/C(N)=N\C1=NCCN1CCN. The molecule has 0 unspecified atom stereocenters. The lowest BCUT2D eigenvalue weighted by Crippen LogP contribution is -2.35. The van der Waals surface area contributed by atoms with Crippen LogP contribution in [0.3, 0.4) is 0 Å². The van der Waals surface area contributed by atoms with Gasteiger partial charge in [0.25, 0.3) is 0 Å². The Morgan fingerprint density at radius 3 is 3.21 bits per heavy atom. The predicted octanol–water partition coefficient (Wildman–Crippen LogP) is -2.00. The van der Waals surface area contributed by atoms with Crippen LogP contribution >= 0.6 is 0 Å². The molecule has 0 fully saturated rings. The summed E-state index contributed by atoms with van der Waals surface area (Å²) in [5.41, 5.74) is 10.8. The Labute approximate surface area is 82.1 Å². The van der Waals surface area contributed by atoms with E-state index in [-0.39, 0.29) is 5.96 Å². The van der Waals surface area contributed by atoms with E-state index < -0.39 is 0 Å². The fourth-order valence-electron chi connectivity index (χ4n) is 1.14. The number of rotatable bonds is 2. The first-order valence-electron chi connectivity index (χ1n) is 4.26. The topological polar surface area (TPSA) is 116 Å². The molecule has 14 heavy (non-hydrogen) atoms. The molecular weight excluding hydrogens is 182 g/mol. The second-order valence-corrected chi connectivity index (χ2v) is 2.69. The van der Waals surface area contributed by atoms with Gasteiger partial charge in [0.1, 0.15) is 0 Å². The first-order valence-corrected chi connectivity index (χ1v) is 4.26. The van der Waals surface area contributed by atoms with Crippen LogP contribution in [0.2, 0.25) is 0 Å². The van der Waals surface area contributed by atoms with E-state index in [9.17, 15) is 0 Å². The van der Waals surface area contributed by atoms with Gasteiger partial charge in [0.05, 0.1) is 6.54 Å². The zero-order valence-corrected chi connectivity index (χ0v) is 7.77. The molecule has 0 aromatic rings. The molecule has 0 saturated heterocycles. The van der Waals surface area contributed by atoms with Crippen molar-refractivity contribution in [3.05, 3.63) is 0 Å². The minimum atomic E-state index is 0.0511. The highest BCUT2D eigenvalue weighted by Gasteiger charge is 2.15. The second-order valence-electron chi connectivity index (χ2n) is 2.69. The smallest absolute Gasteiger partial charge is 0.224 e. The Morgan fingerprint density at radius 2 is 2.57 bits per heavy atom. The highest BCUT2D eigenvalue weighted by molar-refractivity contribution is 5.95. The largest absolute Gasteiger partial charge is 0.369 e. The summed E-state index contributed by atoms with van der Waals surface area (Å²) >= 11 is 0. The van der Waals surface area contributed by atoms with E-state index in [1.165, 1.54) is 0 Å². The van der Waals surface area contributed by atoms with Crippen LogP contribution in [0.25, 0.3) is 0 Å². The maximum Gasteiger partial charge on any atom is 0.224 e. The lowest BCUT2D eigenvalue weighted by Gasteiger charge is -2.15. The normalized spacial score (nSPS) is 16.4. The van der Waals surface area contributed by atoms with Gasteiger partial charge in [-0.3, -0.25) is 5.32 Å². The molecule has 1 heterocycles. The summed E-state index contributed by atoms with van der Waals surface area (Å²) < 4.78 is 0. The second kappa shape index (κ2) is 5.04. The Bertz CT molecular complexity index is 287. The number of hydrogen-bond acceptors (Lipinski definition) is 5. The number of hydrogen-bond donors (Lipinski definition) is 3. The molecule has 0 atom stereocenters. The highest BCUT2D eigenvalue weighted by Crippen LogP contribution is 2.01. The first kappa shape index (κ1) is 10.3. The molecule has 0 aromatic carbocycles. The van der Waals surface area contributed by atoms with Gasteiger partial charge in [0.15, 0.2) is 6.19 Å². The van der Waals surface area contributed by atoms with Crippen LogP contribution in [-0.2, 0) is 0 Å². The van der Waals surface area contributed by atoms with Crippen LogP contribution in [0, 0.1) is 11.5 Å². The van der Waals surface area contributed by atoms with Crippen LogP contribution in [0.5, 0.6) is 0 Å². The zero-order valence-electron chi connectivity index (χ0n) is 7.77. The molecule has 76 valence electrons. The van der Waals surface area contributed by atoms with E-state index in [0.717, 1.165) is 6.54 Å². The van der Waals surface area contributed by atoms with Crippen LogP contribution in [0.15, 0.2) is 9.98 Å². The number of guanidine groups is 2. The van der Waals surface area contributed by atoms with Crippen molar-refractivity contribution in [1.82, 2.24) is 10.2 Å². The molecule has 7 heteroatoms. The third-order valence-electron chi connectivity index (χ3n) is 1.71. The van der Waals surface area contributed by atoms with Gasteiger partial charge in [-0.15, -0.1) is 0 Å². The summed E-state index contributed by atoms with van der Waals surface area (Å²) in [6.07, 6.45) is 1.68. The lowest BCUT2D eigenvalue weighted by molar-refractivity contribution is 0.464. The van der Waals surface area contributed by atoms with E-state index in [1.807, 2.05) is 4.90 Å². The molecule has 7 nitrogen and oxygen atoms in total. The number of aliphatic imine (C=N–C) groups is 2. The molecule has 1 aliphatic rings. The summed E-state index contributed by atoms with van der Waals surface area (Å²) in [7, 11) is 0. The Hall–Kier alpha value is -1.81. The summed E-state index contributed by atoms with van der Waals surface area (Å²) in [4.78, 5) is 10.00. The molecule has 0 amide bonds. The fraction of sp³-hybridized carbons (Fsp3) is 0.571. The predicted molar refractivity (Wildman–Crippen MR) is 53.3 cm³/mol. The van der Waals surface area contributed by atoms with Gasteiger partial charge in [-0.25, -0.2) is 4.99 Å². The number of nitrogens with zero attached hydrogens (tertiary/aromatic N) is 4. The van der Waals surface area contributed by atoms with Crippen molar-refractivity contribution in [1.29, 1.82) is 5.26 Å². The van der Waals surface area contributed by atoms with Crippen molar-refractivity contribution in [3.8, 4) is 6.19 Å². The van der Waals surface area contributed by atoms with Crippen molar-refractivity contribution in [3.63, 3.8) is 0 Å². The van der Waals surface area contributed by atoms with Gasteiger partial charge in [0.2, 0.25) is 11.9 Å². The number of nitrogens with one attached hydrogen (secondary N) is 1. The standard InChI is InChI=1S/C7H13N7/c8-1-3-14-4-2-11-7(14)13-6(10)12-5-9/h1-4,8H2,(H3,10,11,12,13). The van der Waals surface area contributed by atoms with Crippen molar-refractivity contribution in [2.24, 2.45) is 21.5 Å². The van der Waals surface area contributed by atoms with Crippen molar-refractivity contribution in [2.75, 3.05) is 26.2 Å². The minimum absolute atomic E-state index is 0.0511. The van der Waals surface area contributed by atoms with Gasteiger partial charge < -0.3 is 16.4 Å². The van der Waals surface area contributed by atoms with Gasteiger partial charge in [-0.2, -0.15) is 10.3 Å². The maximum absolute atomic E-state index is 8.28. The summed E-state index contributed by atoms with van der Waals surface area (Å²) in [5.74, 6) is 0.589. The average Bonchev–Trinajstić information content (AvgIpc) is 2.54. The van der Waals surface area contributed by atoms with Gasteiger partial charge >= 0.3 is 0 Å². The summed E-state index contributed by atoms with van der Waals surface area (Å²) in [5, 5.41) is 10.5. The lowest BCUT2D eigenvalue weighted by atomic mass is 10.5. The van der Waals surface area contributed by atoms with Crippen LogP contribution in [0.1, 0.15) is 0 Å². The summed E-state index contributed by atoms with van der Waals surface area (Å²) in [6.45, 7) is 2.73. The van der Waals surface area contributed by atoms with E-state index in [0.29, 0.717) is 25.6 Å². The molecule has 1 rings (SSSR count). The molecule has 0 bridgehead atoms. The molecule has 0 saturated carbocycles. The van der Waals surface area contributed by atoms with E-state index in [4.69, 9.17) is 16.7 Å². The zero-order chi connectivity index (χ0) is 10.4. The van der Waals surface area contributed by atoms with Crippen molar-refractivity contribution >= 4 is 11.9 Å². The van der Waals surface area contributed by atoms with Crippen molar-refractivity contribution < 1.29 is 0 Å². The van der Waals surface area contributed by atoms with E-state index in [1.54, 1.807) is 6.19 Å². The minimum Gasteiger partial charge on any atom is -0.369 e. The molecule has 0 aromatic heterocycles. The van der Waals surface area contributed by atoms with Crippen molar-refractivity contribution in [2.45, 2.75) is 0 Å². The third kappa shape index (κ3) is 2.60. The van der Waals surface area contributed by atoms with Crippen LogP contribution < -0.4 is 16.8 Å². The third-order valence-corrected chi connectivity index (χ3v) is 1.71. The molecule has 0 aliphatic carbocycles. The first-order chi connectivity index (χ1) is 6.77. The average molecular weight is 195 g/mol. The van der Waals surface area contributed by atoms with Crippen LogP contribution in [-0.4, -0.2) is 43.0 Å². The monoisotopic (exact) mass is 195 g/mol. The molecule has 0 radical (unpaired) electrons. The van der Waals surface area contributed by atoms with Crippen LogP contribution in [0.4, 0.5) is 0 Å². The Kier molecular flexibility index (Phi) is 3.69. The van der Waals surface area contributed by atoms with Gasteiger partial charge in [-0.05, 0) is 0 Å². The van der Waals surface area contributed by atoms with Gasteiger partial charge in [-0.1, -0.05) is 0 Å². The maximum atomic E-state index is 8.28. The summed E-state index contributed by atoms with van der Waals surface area (Å²) in [6, 6.07) is 0. The quantitative estimate of drug-likeness (QED) is 0.204. The molecular formula is C7H13N7. The van der Waals surface area contributed by atoms with E-state index >= 15 is 0 Å². The number of nitrogens with two attached hydrogens (primary N) is 2. The molecule has 5 N–H and O–H groups in total. The number of nitriles is 1. The fourth-order valence-corrected chi connectivity index (χ4v) is 1.14.